The molecule has 28 heavy (non-hydrogen) atoms. The van der Waals surface area contributed by atoms with E-state index in [1.54, 1.807) is 0 Å². The second kappa shape index (κ2) is 14.6. The molecule has 1 heterocycles. The average Bonchev–Trinajstić information content (AvgIpc) is 2.70. The van der Waals surface area contributed by atoms with Crippen LogP contribution in [0.25, 0.3) is 0 Å². The van der Waals surface area contributed by atoms with Crippen LogP contribution in [0.1, 0.15) is 43.5 Å². The number of guanidine groups is 1. The number of benzene rings is 1. The highest BCUT2D eigenvalue weighted by Gasteiger charge is 2.14. The Morgan fingerprint density at radius 2 is 1.79 bits per heavy atom. The van der Waals surface area contributed by atoms with Gasteiger partial charge < -0.3 is 20.9 Å². The molecule has 1 aromatic carbocycles. The Hall–Kier alpha value is -1.35. The first-order chi connectivity index (χ1) is 13.2. The van der Waals surface area contributed by atoms with Gasteiger partial charge in [0.05, 0.1) is 0 Å². The van der Waals surface area contributed by atoms with E-state index in [4.69, 9.17) is 0 Å². The third-order valence-electron chi connectivity index (χ3n) is 4.86. The zero-order valence-corrected chi connectivity index (χ0v) is 19.6. The molecule has 0 unspecified atom stereocenters. The molecule has 1 amide bonds. The molecule has 0 spiro atoms. The van der Waals surface area contributed by atoms with Crippen LogP contribution in [0.5, 0.6) is 0 Å². The van der Waals surface area contributed by atoms with Gasteiger partial charge in [-0.25, -0.2) is 0 Å². The molecule has 1 aliphatic heterocycles. The molecule has 3 N–H and O–H groups in total. The Balaban J connectivity index is 0.00000392. The summed E-state index contributed by atoms with van der Waals surface area (Å²) in [6.45, 7) is 10.8. The SMILES string of the molecule is CCNC(=NCCCN1CCC(C)CC1)NCCNC(=O)c1ccccc1.I. The predicted octanol–water partition coefficient (Wildman–Crippen LogP) is 2.71. The summed E-state index contributed by atoms with van der Waals surface area (Å²) < 4.78 is 0. The van der Waals surface area contributed by atoms with Crippen LogP contribution in [0.15, 0.2) is 35.3 Å². The summed E-state index contributed by atoms with van der Waals surface area (Å²) in [5.41, 5.74) is 0.685. The van der Waals surface area contributed by atoms with Crippen molar-refractivity contribution in [1.82, 2.24) is 20.9 Å². The maximum atomic E-state index is 12.0. The lowest BCUT2D eigenvalue weighted by Gasteiger charge is -2.29. The molecule has 0 radical (unpaired) electrons. The van der Waals surface area contributed by atoms with E-state index >= 15 is 0 Å². The fourth-order valence-corrected chi connectivity index (χ4v) is 3.16. The van der Waals surface area contributed by atoms with Crippen molar-refractivity contribution < 1.29 is 4.79 Å². The molecule has 0 atom stereocenters. The topological polar surface area (TPSA) is 68.8 Å². The first kappa shape index (κ1) is 24.7. The van der Waals surface area contributed by atoms with Crippen LogP contribution in [0.3, 0.4) is 0 Å². The van der Waals surface area contributed by atoms with Crippen molar-refractivity contribution in [3.8, 4) is 0 Å². The van der Waals surface area contributed by atoms with Gasteiger partial charge in [-0.1, -0.05) is 25.1 Å². The van der Waals surface area contributed by atoms with Gasteiger partial charge in [-0.15, -0.1) is 24.0 Å². The number of nitrogens with zero attached hydrogens (tertiary/aromatic N) is 2. The number of rotatable bonds is 9. The molecule has 0 aromatic heterocycles. The summed E-state index contributed by atoms with van der Waals surface area (Å²) >= 11 is 0. The molecule has 0 saturated carbocycles. The number of carbonyl (C=O) groups is 1. The van der Waals surface area contributed by atoms with Crippen LogP contribution < -0.4 is 16.0 Å². The summed E-state index contributed by atoms with van der Waals surface area (Å²) in [7, 11) is 0. The monoisotopic (exact) mass is 501 g/mol. The normalized spacial score (nSPS) is 15.6. The first-order valence-corrected chi connectivity index (χ1v) is 10.3. The van der Waals surface area contributed by atoms with Gasteiger partial charge in [0.15, 0.2) is 5.96 Å². The molecule has 158 valence electrons. The molecule has 7 heteroatoms. The van der Waals surface area contributed by atoms with Gasteiger partial charge in [-0.3, -0.25) is 9.79 Å². The fourth-order valence-electron chi connectivity index (χ4n) is 3.16. The summed E-state index contributed by atoms with van der Waals surface area (Å²) in [5, 5.41) is 9.46. The molecule has 1 aromatic rings. The van der Waals surface area contributed by atoms with Gasteiger partial charge in [0.1, 0.15) is 0 Å². The summed E-state index contributed by atoms with van der Waals surface area (Å²) in [6.07, 6.45) is 3.72. The van der Waals surface area contributed by atoms with Gasteiger partial charge in [-0.2, -0.15) is 0 Å². The number of carbonyl (C=O) groups excluding carboxylic acids is 1. The predicted molar refractivity (Wildman–Crippen MR) is 128 cm³/mol. The number of halogens is 1. The molecule has 6 nitrogen and oxygen atoms in total. The van der Waals surface area contributed by atoms with Crippen molar-refractivity contribution in [2.24, 2.45) is 10.9 Å². The minimum atomic E-state index is -0.0461. The number of likely N-dealkylation sites (tertiary alicyclic amines) is 1. The number of piperidine rings is 1. The highest BCUT2D eigenvalue weighted by Crippen LogP contribution is 2.15. The van der Waals surface area contributed by atoms with Gasteiger partial charge in [0.25, 0.3) is 5.91 Å². The van der Waals surface area contributed by atoms with Crippen LogP contribution in [0, 0.1) is 5.92 Å². The van der Waals surface area contributed by atoms with Crippen LogP contribution in [0.2, 0.25) is 0 Å². The van der Waals surface area contributed by atoms with Crippen LogP contribution in [-0.2, 0) is 0 Å². The Kier molecular flexibility index (Phi) is 12.9. The molecule has 1 saturated heterocycles. The minimum absolute atomic E-state index is 0. The largest absolute Gasteiger partial charge is 0.357 e. The Morgan fingerprint density at radius 1 is 1.11 bits per heavy atom. The molecule has 1 aliphatic rings. The third kappa shape index (κ3) is 9.73. The summed E-state index contributed by atoms with van der Waals surface area (Å²) in [5.74, 6) is 1.65. The molecular formula is C21H36IN5O. The molecule has 0 bridgehead atoms. The van der Waals surface area contributed by atoms with E-state index in [2.05, 4.69) is 39.7 Å². The van der Waals surface area contributed by atoms with Crippen molar-refractivity contribution >= 4 is 35.8 Å². The van der Waals surface area contributed by atoms with E-state index < -0.39 is 0 Å². The van der Waals surface area contributed by atoms with E-state index in [1.807, 2.05) is 30.3 Å². The lowest BCUT2D eigenvalue weighted by atomic mass is 9.99. The van der Waals surface area contributed by atoms with Crippen molar-refractivity contribution in [3.63, 3.8) is 0 Å². The maximum absolute atomic E-state index is 12.0. The van der Waals surface area contributed by atoms with Crippen LogP contribution in [0.4, 0.5) is 0 Å². The summed E-state index contributed by atoms with van der Waals surface area (Å²) in [4.78, 5) is 19.2. The highest BCUT2D eigenvalue weighted by molar-refractivity contribution is 14.0. The van der Waals surface area contributed by atoms with Gasteiger partial charge >= 0.3 is 0 Å². The zero-order chi connectivity index (χ0) is 19.3. The molecule has 1 fully saturated rings. The first-order valence-electron chi connectivity index (χ1n) is 10.3. The average molecular weight is 501 g/mol. The second-order valence-corrected chi connectivity index (χ2v) is 7.19. The van der Waals surface area contributed by atoms with Crippen LogP contribution >= 0.6 is 24.0 Å². The lowest BCUT2D eigenvalue weighted by Crippen LogP contribution is -2.41. The van der Waals surface area contributed by atoms with E-state index in [0.717, 1.165) is 37.9 Å². The van der Waals surface area contributed by atoms with Crippen molar-refractivity contribution in [2.75, 3.05) is 45.8 Å². The second-order valence-electron chi connectivity index (χ2n) is 7.19. The number of amides is 1. The van der Waals surface area contributed by atoms with Gasteiger partial charge in [0, 0.05) is 31.7 Å². The fraction of sp³-hybridized carbons (Fsp3) is 0.619. The standard InChI is InChI=1S/C21H35N5O.HI/c1-3-22-21(24-12-7-15-26-16-10-18(2)11-17-26)25-14-13-23-20(27)19-8-5-4-6-9-19;/h4-6,8-9,18H,3,7,10-17H2,1-2H3,(H,23,27)(H2,22,24,25);1H. The van der Waals surface area contributed by atoms with E-state index in [0.29, 0.717) is 18.7 Å². The minimum Gasteiger partial charge on any atom is -0.357 e. The Bertz CT molecular complexity index is 573. The van der Waals surface area contributed by atoms with E-state index in [1.165, 1.54) is 25.9 Å². The Labute approximate surface area is 187 Å². The molecule has 0 aliphatic carbocycles. The maximum Gasteiger partial charge on any atom is 0.251 e. The number of hydrogen-bond acceptors (Lipinski definition) is 3. The van der Waals surface area contributed by atoms with Crippen molar-refractivity contribution in [1.29, 1.82) is 0 Å². The lowest BCUT2D eigenvalue weighted by molar-refractivity contribution is 0.0954. The summed E-state index contributed by atoms with van der Waals surface area (Å²) in [6, 6.07) is 9.28. The van der Waals surface area contributed by atoms with E-state index in [-0.39, 0.29) is 29.9 Å². The third-order valence-corrected chi connectivity index (χ3v) is 4.86. The van der Waals surface area contributed by atoms with Gasteiger partial charge in [0.2, 0.25) is 0 Å². The highest BCUT2D eigenvalue weighted by atomic mass is 127. The smallest absolute Gasteiger partial charge is 0.251 e. The number of hydrogen-bond donors (Lipinski definition) is 3. The van der Waals surface area contributed by atoms with Crippen LogP contribution in [-0.4, -0.2) is 62.6 Å². The Morgan fingerprint density at radius 3 is 2.46 bits per heavy atom. The quantitative estimate of drug-likeness (QED) is 0.211. The molecular weight excluding hydrogens is 465 g/mol. The van der Waals surface area contributed by atoms with E-state index in [9.17, 15) is 4.79 Å². The van der Waals surface area contributed by atoms with Gasteiger partial charge in [-0.05, 0) is 63.9 Å². The van der Waals surface area contributed by atoms with Crippen molar-refractivity contribution in [3.05, 3.63) is 35.9 Å². The number of aliphatic imine (C=N–C) groups is 1. The number of nitrogens with one attached hydrogen (secondary N) is 3. The molecule has 2 rings (SSSR count). The van der Waals surface area contributed by atoms with Crippen molar-refractivity contribution in [2.45, 2.75) is 33.1 Å². The zero-order valence-electron chi connectivity index (χ0n) is 17.2.